The number of benzene rings is 2. The highest BCUT2D eigenvalue weighted by Crippen LogP contribution is 2.54. The highest BCUT2D eigenvalue weighted by Gasteiger charge is 2.73. The first-order valence-corrected chi connectivity index (χ1v) is 12.0. The molecule has 0 fully saturated rings. The van der Waals surface area contributed by atoms with Gasteiger partial charge in [-0.05, 0) is 67.8 Å². The lowest BCUT2D eigenvalue weighted by Crippen LogP contribution is -2.50. The van der Waals surface area contributed by atoms with Crippen molar-refractivity contribution in [3.05, 3.63) is 74.9 Å². The normalized spacial score (nSPS) is 11.8. The summed E-state index contributed by atoms with van der Waals surface area (Å²) < 4.78 is 98.5. The number of carbonyl (C=O) groups is 2. The molecule has 6 nitrogen and oxygen atoms in total. The van der Waals surface area contributed by atoms with Crippen molar-refractivity contribution in [3.8, 4) is 16.9 Å². The smallest absolute Gasteiger partial charge is 0.435 e. The van der Waals surface area contributed by atoms with E-state index in [4.69, 9.17) is 9.53 Å². The Labute approximate surface area is 234 Å². The summed E-state index contributed by atoms with van der Waals surface area (Å²) >= 11 is 5.78. The van der Waals surface area contributed by atoms with Crippen LogP contribution in [-0.2, 0) is 10.5 Å². The van der Waals surface area contributed by atoms with Crippen molar-refractivity contribution < 1.29 is 45.1 Å². The molecular formula is C24H18Br2F7N3O3. The number of rotatable bonds is 5. The van der Waals surface area contributed by atoms with E-state index in [1.807, 2.05) is 0 Å². The topological polar surface area (TPSA) is 85.5 Å². The lowest BCUT2D eigenvalue weighted by Gasteiger charge is -2.31. The van der Waals surface area contributed by atoms with E-state index >= 15 is 0 Å². The Morgan fingerprint density at radius 1 is 0.974 bits per heavy atom. The van der Waals surface area contributed by atoms with Crippen molar-refractivity contribution in [2.45, 2.75) is 18.0 Å². The number of amides is 2. The molecular weight excluding hydrogens is 671 g/mol. The predicted octanol–water partition coefficient (Wildman–Crippen LogP) is 6.95. The molecule has 1 aromatic heterocycles. The zero-order valence-electron chi connectivity index (χ0n) is 19.9. The summed E-state index contributed by atoms with van der Waals surface area (Å²) in [5, 5.41) is 0. The molecule has 0 aliphatic heterocycles. The molecule has 15 heteroatoms. The first-order valence-electron chi connectivity index (χ1n) is 10.4. The molecule has 2 aromatic carbocycles. The Kier molecular flexibility index (Phi) is 10.1. The molecule has 0 spiro atoms. The van der Waals surface area contributed by atoms with Crippen LogP contribution in [0.4, 0.5) is 36.4 Å². The SMILES string of the molecule is COc1c(C(=O)N(C)c2c(Br)cc(C(F)(C(F)(F)F)C(F)(F)F)cc2Br)cccc1-c1ccncc1.NC=O. The molecule has 0 aliphatic rings. The first-order chi connectivity index (χ1) is 18.1. The van der Waals surface area contributed by atoms with Gasteiger partial charge >= 0.3 is 18.0 Å². The fraction of sp³-hybridized carbons (Fsp3) is 0.208. The standard InChI is InChI=1S/C23H15Br2F7N2O2.CH3NO/c1-34(20(35)15-5-3-4-14(19(15)36-2)12-6-8-33-9-7-12)18-16(24)10-13(11-17(18)25)21(26,22(27,28)29)23(30,31)32;2-1-3/h3-11H,1-2H3;1H,(H2,2,3). The van der Waals surface area contributed by atoms with Crippen LogP contribution in [0.5, 0.6) is 5.75 Å². The zero-order valence-corrected chi connectivity index (χ0v) is 23.0. The monoisotopic (exact) mass is 687 g/mol. The van der Waals surface area contributed by atoms with Gasteiger partial charge in [0.05, 0.1) is 18.4 Å². The minimum atomic E-state index is -6.28. The number of hydrogen-bond acceptors (Lipinski definition) is 4. The van der Waals surface area contributed by atoms with Gasteiger partial charge in [0, 0.05) is 39.5 Å². The summed E-state index contributed by atoms with van der Waals surface area (Å²) in [6.07, 6.45) is -9.24. The van der Waals surface area contributed by atoms with E-state index in [9.17, 15) is 35.5 Å². The van der Waals surface area contributed by atoms with Gasteiger partial charge in [-0.1, -0.05) is 12.1 Å². The van der Waals surface area contributed by atoms with Crippen molar-refractivity contribution in [1.82, 2.24) is 4.98 Å². The summed E-state index contributed by atoms with van der Waals surface area (Å²) in [4.78, 5) is 26.9. The van der Waals surface area contributed by atoms with Gasteiger partial charge in [-0.2, -0.15) is 26.3 Å². The Bertz CT molecular complexity index is 1300. The molecule has 2 N–H and O–H groups in total. The average molecular weight is 689 g/mol. The van der Waals surface area contributed by atoms with Crippen molar-refractivity contribution in [1.29, 1.82) is 0 Å². The van der Waals surface area contributed by atoms with Crippen LogP contribution >= 0.6 is 31.9 Å². The number of methoxy groups -OCH3 is 1. The molecule has 3 aromatic rings. The van der Waals surface area contributed by atoms with E-state index in [0.29, 0.717) is 23.3 Å². The third-order valence-electron chi connectivity index (χ3n) is 5.28. The molecule has 2 amide bonds. The molecule has 0 aliphatic carbocycles. The molecule has 0 saturated heterocycles. The van der Waals surface area contributed by atoms with Gasteiger partial charge in [0.15, 0.2) is 0 Å². The van der Waals surface area contributed by atoms with Gasteiger partial charge in [-0.25, -0.2) is 4.39 Å². The Morgan fingerprint density at radius 2 is 1.46 bits per heavy atom. The van der Waals surface area contributed by atoms with Crippen molar-refractivity contribution in [3.63, 3.8) is 0 Å². The van der Waals surface area contributed by atoms with Gasteiger partial charge in [0.1, 0.15) is 5.75 Å². The second-order valence-electron chi connectivity index (χ2n) is 7.57. The summed E-state index contributed by atoms with van der Waals surface area (Å²) in [5.41, 5.74) is -2.01. The van der Waals surface area contributed by atoms with Crippen molar-refractivity contribution in [2.75, 3.05) is 19.1 Å². The molecule has 0 bridgehead atoms. The largest absolute Gasteiger partial charge is 0.495 e. The number of anilines is 1. The van der Waals surface area contributed by atoms with Crippen LogP contribution in [-0.4, -0.2) is 43.8 Å². The number of nitrogens with two attached hydrogens (primary N) is 1. The number of alkyl halides is 7. The lowest BCUT2D eigenvalue weighted by atomic mass is 9.94. The van der Waals surface area contributed by atoms with E-state index < -0.39 is 29.5 Å². The highest BCUT2D eigenvalue weighted by atomic mass is 79.9. The zero-order chi connectivity index (χ0) is 29.8. The van der Waals surface area contributed by atoms with Gasteiger partial charge in [-0.3, -0.25) is 14.6 Å². The second-order valence-corrected chi connectivity index (χ2v) is 9.27. The van der Waals surface area contributed by atoms with E-state index in [-0.39, 0.29) is 32.4 Å². The number of halogens is 9. The van der Waals surface area contributed by atoms with Gasteiger partial charge in [0.25, 0.3) is 5.91 Å². The van der Waals surface area contributed by atoms with E-state index in [0.717, 1.165) is 4.90 Å². The van der Waals surface area contributed by atoms with Gasteiger partial charge in [0.2, 0.25) is 6.41 Å². The van der Waals surface area contributed by atoms with E-state index in [1.165, 1.54) is 32.6 Å². The number of ether oxygens (including phenoxy) is 1. The fourth-order valence-corrected chi connectivity index (χ4v) is 5.26. The van der Waals surface area contributed by atoms with Crippen LogP contribution in [0.1, 0.15) is 15.9 Å². The maximum atomic E-state index is 14.6. The van der Waals surface area contributed by atoms with Crippen LogP contribution in [0.25, 0.3) is 11.1 Å². The Hall–Kier alpha value is -3.20. The first kappa shape index (κ1) is 32.0. The summed E-state index contributed by atoms with van der Waals surface area (Å²) in [7, 11) is 2.59. The lowest BCUT2D eigenvalue weighted by molar-refractivity contribution is -0.348. The molecule has 3 rings (SSSR count). The molecule has 0 unspecified atom stereocenters. The average Bonchev–Trinajstić information content (AvgIpc) is 2.86. The summed E-state index contributed by atoms with van der Waals surface area (Å²) in [6, 6.07) is 8.78. The molecule has 210 valence electrons. The maximum Gasteiger partial charge on any atom is 0.435 e. The number of carbonyl (C=O) groups excluding carboxylic acids is 2. The number of pyridine rings is 1. The fourth-order valence-electron chi connectivity index (χ4n) is 3.54. The minimum Gasteiger partial charge on any atom is -0.495 e. The van der Waals surface area contributed by atoms with Gasteiger partial charge < -0.3 is 15.4 Å². The Balaban J connectivity index is 0.00000170. The quantitative estimate of drug-likeness (QED) is 0.232. The maximum absolute atomic E-state index is 14.6. The minimum absolute atomic E-state index is 0.0580. The van der Waals surface area contributed by atoms with Crippen LogP contribution in [0.3, 0.4) is 0 Å². The summed E-state index contributed by atoms with van der Waals surface area (Å²) in [6.45, 7) is 0. The number of hydrogen-bond donors (Lipinski definition) is 1. The van der Waals surface area contributed by atoms with E-state index in [2.05, 4.69) is 42.6 Å². The predicted molar refractivity (Wildman–Crippen MR) is 136 cm³/mol. The number of primary amides is 1. The molecule has 39 heavy (non-hydrogen) atoms. The number of nitrogens with zero attached hydrogens (tertiary/aromatic N) is 2. The van der Waals surface area contributed by atoms with Crippen LogP contribution in [0, 0.1) is 0 Å². The second kappa shape index (κ2) is 12.3. The molecule has 1 heterocycles. The van der Waals surface area contributed by atoms with Crippen molar-refractivity contribution in [2.24, 2.45) is 5.73 Å². The van der Waals surface area contributed by atoms with Crippen molar-refractivity contribution >= 4 is 49.9 Å². The summed E-state index contributed by atoms with van der Waals surface area (Å²) in [5.74, 6) is -0.517. The third kappa shape index (κ3) is 6.35. The highest BCUT2D eigenvalue weighted by molar-refractivity contribution is 9.11. The van der Waals surface area contributed by atoms with Gasteiger partial charge in [-0.15, -0.1) is 0 Å². The van der Waals surface area contributed by atoms with Crippen LogP contribution in [0.15, 0.2) is 63.8 Å². The molecule has 0 radical (unpaired) electrons. The van der Waals surface area contributed by atoms with Crippen LogP contribution in [0.2, 0.25) is 0 Å². The number of para-hydroxylation sites is 1. The van der Waals surface area contributed by atoms with E-state index in [1.54, 1.807) is 24.3 Å². The number of aromatic nitrogens is 1. The van der Waals surface area contributed by atoms with Crippen LogP contribution < -0.4 is 15.4 Å². The molecule has 0 saturated carbocycles. The Morgan fingerprint density at radius 3 is 1.90 bits per heavy atom. The molecule has 0 atom stereocenters. The third-order valence-corrected chi connectivity index (χ3v) is 6.49.